The number of aryl methyl sites for hydroxylation is 1. The van der Waals surface area contributed by atoms with E-state index in [1.54, 1.807) is 0 Å². The van der Waals surface area contributed by atoms with Crippen LogP contribution in [0.3, 0.4) is 0 Å². The van der Waals surface area contributed by atoms with Crippen LogP contribution in [0.1, 0.15) is 57.1 Å². The minimum atomic E-state index is 0.402. The van der Waals surface area contributed by atoms with Gasteiger partial charge in [-0.1, -0.05) is 62.0 Å². The summed E-state index contributed by atoms with van der Waals surface area (Å²) in [5.41, 5.74) is 5.25. The SMILES string of the molecule is CCCc1ccc(-c2noc(-c3cnn(C4CCCCC4)c3-c3ccncc3)n2)cc1. The van der Waals surface area contributed by atoms with Crippen molar-refractivity contribution in [1.29, 1.82) is 0 Å². The lowest BCUT2D eigenvalue weighted by Gasteiger charge is -2.24. The molecule has 1 saturated carbocycles. The van der Waals surface area contributed by atoms with Crippen molar-refractivity contribution < 1.29 is 4.52 Å². The first kappa shape index (κ1) is 19.7. The highest BCUT2D eigenvalue weighted by molar-refractivity contribution is 5.77. The van der Waals surface area contributed by atoms with Crippen molar-refractivity contribution in [3.05, 3.63) is 60.6 Å². The molecular formula is C25H27N5O. The molecule has 31 heavy (non-hydrogen) atoms. The number of hydrogen-bond donors (Lipinski definition) is 0. The largest absolute Gasteiger partial charge is 0.333 e. The maximum Gasteiger partial charge on any atom is 0.262 e. The molecule has 0 saturated heterocycles. The highest BCUT2D eigenvalue weighted by Crippen LogP contribution is 2.37. The second-order valence-corrected chi connectivity index (χ2v) is 8.25. The maximum absolute atomic E-state index is 5.72. The standard InChI is InChI=1S/C25H27N5O/c1-2-6-18-9-11-20(12-10-18)24-28-25(31-29-24)22-17-27-30(21-7-4-3-5-8-21)23(22)19-13-15-26-16-14-19/h9-17,21H,2-8H2,1H3. The molecular weight excluding hydrogens is 386 g/mol. The molecule has 0 spiro atoms. The van der Waals surface area contributed by atoms with Gasteiger partial charge in [0.2, 0.25) is 5.82 Å². The van der Waals surface area contributed by atoms with Crippen LogP contribution in [0.25, 0.3) is 34.1 Å². The van der Waals surface area contributed by atoms with Crippen LogP contribution in [0.4, 0.5) is 0 Å². The lowest BCUT2D eigenvalue weighted by atomic mass is 9.95. The van der Waals surface area contributed by atoms with Crippen LogP contribution in [-0.4, -0.2) is 24.9 Å². The summed E-state index contributed by atoms with van der Waals surface area (Å²) in [5, 5.41) is 9.03. The summed E-state index contributed by atoms with van der Waals surface area (Å²) in [6, 6.07) is 12.8. The first-order valence-corrected chi connectivity index (χ1v) is 11.2. The summed E-state index contributed by atoms with van der Waals surface area (Å²) in [6.07, 6.45) is 13.8. The lowest BCUT2D eigenvalue weighted by Crippen LogP contribution is -2.15. The number of nitrogens with zero attached hydrogens (tertiary/aromatic N) is 5. The van der Waals surface area contributed by atoms with Gasteiger partial charge in [0.05, 0.1) is 23.5 Å². The molecule has 1 fully saturated rings. The van der Waals surface area contributed by atoms with Crippen molar-refractivity contribution in [2.24, 2.45) is 0 Å². The molecule has 0 unspecified atom stereocenters. The quantitative estimate of drug-likeness (QED) is 0.381. The van der Waals surface area contributed by atoms with E-state index in [0.717, 1.165) is 48.1 Å². The Kier molecular flexibility index (Phi) is 5.61. The van der Waals surface area contributed by atoms with Crippen LogP contribution in [-0.2, 0) is 6.42 Å². The zero-order chi connectivity index (χ0) is 21.0. The van der Waals surface area contributed by atoms with Crippen LogP contribution in [0.2, 0.25) is 0 Å². The third kappa shape index (κ3) is 4.02. The Bertz CT molecular complexity index is 1120. The molecule has 158 valence electrons. The number of rotatable bonds is 6. The van der Waals surface area contributed by atoms with Gasteiger partial charge in [0.1, 0.15) is 0 Å². The fraction of sp³-hybridized carbons (Fsp3) is 0.360. The maximum atomic E-state index is 5.72. The molecule has 5 rings (SSSR count). The molecule has 0 bridgehead atoms. The average Bonchev–Trinajstić information content (AvgIpc) is 3.48. The molecule has 3 heterocycles. The van der Waals surface area contributed by atoms with Gasteiger partial charge in [0, 0.05) is 23.5 Å². The van der Waals surface area contributed by atoms with E-state index < -0.39 is 0 Å². The lowest BCUT2D eigenvalue weighted by molar-refractivity contribution is 0.332. The predicted molar refractivity (Wildman–Crippen MR) is 120 cm³/mol. The van der Waals surface area contributed by atoms with Crippen LogP contribution in [0.5, 0.6) is 0 Å². The van der Waals surface area contributed by atoms with E-state index in [2.05, 4.69) is 46.0 Å². The fourth-order valence-corrected chi connectivity index (χ4v) is 4.48. The number of hydrogen-bond acceptors (Lipinski definition) is 5. The van der Waals surface area contributed by atoms with Gasteiger partial charge < -0.3 is 4.52 Å². The molecule has 0 amide bonds. The molecule has 0 atom stereocenters. The van der Waals surface area contributed by atoms with E-state index in [-0.39, 0.29) is 0 Å². The van der Waals surface area contributed by atoms with Gasteiger partial charge >= 0.3 is 0 Å². The highest BCUT2D eigenvalue weighted by Gasteiger charge is 2.25. The zero-order valence-corrected chi connectivity index (χ0v) is 17.9. The summed E-state index contributed by atoms with van der Waals surface area (Å²) >= 11 is 0. The van der Waals surface area contributed by atoms with Crippen LogP contribution in [0, 0.1) is 0 Å². The van der Waals surface area contributed by atoms with Gasteiger partial charge in [0.15, 0.2) is 0 Å². The minimum Gasteiger partial charge on any atom is -0.333 e. The van der Waals surface area contributed by atoms with Crippen molar-refractivity contribution in [3.63, 3.8) is 0 Å². The number of aromatic nitrogens is 5. The van der Waals surface area contributed by atoms with E-state index in [4.69, 9.17) is 14.6 Å². The zero-order valence-electron chi connectivity index (χ0n) is 17.9. The Balaban J connectivity index is 1.52. The van der Waals surface area contributed by atoms with Crippen molar-refractivity contribution in [2.45, 2.75) is 57.9 Å². The first-order valence-electron chi connectivity index (χ1n) is 11.2. The molecule has 3 aromatic heterocycles. The minimum absolute atomic E-state index is 0.402. The van der Waals surface area contributed by atoms with E-state index in [0.29, 0.717) is 17.8 Å². The highest BCUT2D eigenvalue weighted by atomic mass is 16.5. The Hall–Kier alpha value is -3.28. The topological polar surface area (TPSA) is 69.6 Å². The summed E-state index contributed by atoms with van der Waals surface area (Å²) in [5.74, 6) is 1.10. The predicted octanol–water partition coefficient (Wildman–Crippen LogP) is 6.12. The van der Waals surface area contributed by atoms with E-state index in [9.17, 15) is 0 Å². The smallest absolute Gasteiger partial charge is 0.262 e. The molecule has 1 aliphatic carbocycles. The van der Waals surface area contributed by atoms with Crippen LogP contribution in [0.15, 0.2) is 59.5 Å². The Morgan fingerprint density at radius 2 is 1.74 bits per heavy atom. The Morgan fingerprint density at radius 3 is 2.48 bits per heavy atom. The van der Waals surface area contributed by atoms with Gasteiger partial charge in [0.25, 0.3) is 5.89 Å². The third-order valence-electron chi connectivity index (χ3n) is 6.08. The Morgan fingerprint density at radius 1 is 0.968 bits per heavy atom. The molecule has 4 aromatic rings. The summed E-state index contributed by atoms with van der Waals surface area (Å²) in [4.78, 5) is 8.91. The van der Waals surface area contributed by atoms with Crippen molar-refractivity contribution in [2.75, 3.05) is 0 Å². The first-order chi connectivity index (χ1) is 15.3. The van der Waals surface area contributed by atoms with Crippen molar-refractivity contribution >= 4 is 0 Å². The number of benzene rings is 1. The summed E-state index contributed by atoms with van der Waals surface area (Å²) < 4.78 is 7.88. The fourth-order valence-electron chi connectivity index (χ4n) is 4.48. The second-order valence-electron chi connectivity index (χ2n) is 8.25. The molecule has 0 N–H and O–H groups in total. The summed E-state index contributed by atoms with van der Waals surface area (Å²) in [6.45, 7) is 2.19. The number of pyridine rings is 1. The molecule has 1 aromatic carbocycles. The van der Waals surface area contributed by atoms with Crippen LogP contribution < -0.4 is 0 Å². The second kappa shape index (κ2) is 8.84. The summed E-state index contributed by atoms with van der Waals surface area (Å²) in [7, 11) is 0. The average molecular weight is 414 g/mol. The van der Waals surface area contributed by atoms with Crippen molar-refractivity contribution in [1.82, 2.24) is 24.9 Å². The molecule has 6 heteroatoms. The van der Waals surface area contributed by atoms with Gasteiger partial charge in [-0.05, 0) is 37.0 Å². The van der Waals surface area contributed by atoms with Crippen LogP contribution >= 0.6 is 0 Å². The van der Waals surface area contributed by atoms with E-state index >= 15 is 0 Å². The molecule has 6 nitrogen and oxygen atoms in total. The molecule has 0 radical (unpaired) electrons. The van der Waals surface area contributed by atoms with E-state index in [1.807, 2.05) is 30.7 Å². The monoisotopic (exact) mass is 413 g/mol. The van der Waals surface area contributed by atoms with Gasteiger partial charge in [-0.2, -0.15) is 10.1 Å². The normalized spacial score (nSPS) is 14.7. The molecule has 0 aliphatic heterocycles. The van der Waals surface area contributed by atoms with Gasteiger partial charge in [-0.25, -0.2) is 0 Å². The Labute approximate surface area is 182 Å². The van der Waals surface area contributed by atoms with E-state index in [1.165, 1.54) is 24.8 Å². The van der Waals surface area contributed by atoms with Gasteiger partial charge in [-0.15, -0.1) is 0 Å². The van der Waals surface area contributed by atoms with Gasteiger partial charge in [-0.3, -0.25) is 9.67 Å². The van der Waals surface area contributed by atoms with Crippen molar-refractivity contribution in [3.8, 4) is 34.1 Å². The molecule has 1 aliphatic rings. The third-order valence-corrected chi connectivity index (χ3v) is 6.08.